The minimum Gasteiger partial charge on any atom is -0.298 e. The quantitative estimate of drug-likeness (QED) is 0.547. The van der Waals surface area contributed by atoms with Crippen molar-refractivity contribution in [2.75, 3.05) is 13.6 Å². The summed E-state index contributed by atoms with van der Waals surface area (Å²) < 4.78 is 0. The fraction of sp³-hybridized carbons (Fsp3) is 0.750. The first-order valence-electron chi connectivity index (χ1n) is 3.75. The number of likely N-dealkylation sites (N-methyl/N-ethyl adjacent to an activating group) is 1. The van der Waals surface area contributed by atoms with Gasteiger partial charge in [0, 0.05) is 6.54 Å². The van der Waals surface area contributed by atoms with Gasteiger partial charge in [-0.2, -0.15) is 5.26 Å². The first kappa shape index (κ1) is 8.22. The number of ketones is 1. The third-order valence-corrected chi connectivity index (χ3v) is 2.20. The summed E-state index contributed by atoms with van der Waals surface area (Å²) in [6.45, 7) is 2.32. The van der Waals surface area contributed by atoms with Crippen LogP contribution in [-0.2, 0) is 4.79 Å². The molecule has 0 saturated carbocycles. The summed E-state index contributed by atoms with van der Waals surface area (Å²) >= 11 is 0. The zero-order valence-corrected chi connectivity index (χ0v) is 6.87. The molecule has 0 aliphatic carbocycles. The van der Waals surface area contributed by atoms with Gasteiger partial charge in [-0.05, 0) is 20.4 Å². The maximum absolute atomic E-state index is 11.0. The Labute approximate surface area is 66.6 Å². The molecule has 1 heterocycles. The molecule has 2 unspecified atom stereocenters. The van der Waals surface area contributed by atoms with Crippen LogP contribution in [0.2, 0.25) is 0 Å². The number of likely N-dealkylation sites (tertiary alicyclic amines) is 1. The molecule has 0 radical (unpaired) electrons. The van der Waals surface area contributed by atoms with E-state index in [2.05, 4.69) is 6.07 Å². The molecular weight excluding hydrogens is 140 g/mol. The molecule has 1 aliphatic rings. The Hall–Kier alpha value is -0.880. The van der Waals surface area contributed by atoms with Crippen molar-refractivity contribution in [1.82, 2.24) is 4.90 Å². The number of nitriles is 1. The molecular formula is C8H12N2O. The van der Waals surface area contributed by atoms with Crippen LogP contribution in [0.15, 0.2) is 0 Å². The lowest BCUT2D eigenvalue weighted by molar-refractivity contribution is -0.120. The van der Waals surface area contributed by atoms with Crippen LogP contribution >= 0.6 is 0 Å². The molecule has 1 fully saturated rings. The van der Waals surface area contributed by atoms with Gasteiger partial charge in [0.25, 0.3) is 0 Å². The van der Waals surface area contributed by atoms with Crippen molar-refractivity contribution in [3.8, 4) is 6.07 Å². The van der Waals surface area contributed by atoms with Gasteiger partial charge in [-0.15, -0.1) is 0 Å². The molecule has 1 aliphatic heterocycles. The Bertz CT molecular complexity index is 207. The zero-order valence-electron chi connectivity index (χ0n) is 6.87. The summed E-state index contributed by atoms with van der Waals surface area (Å²) in [4.78, 5) is 12.9. The van der Waals surface area contributed by atoms with E-state index in [0.717, 1.165) is 6.54 Å². The average molecular weight is 152 g/mol. The molecule has 1 rings (SSSR count). The molecule has 60 valence electrons. The average Bonchev–Trinajstić information content (AvgIpc) is 2.30. The molecule has 1 saturated heterocycles. The standard InChI is InChI=1S/C8H12N2O/c1-6(11)8-3-7(4-9)5-10(8)2/h7-8H,3,5H2,1-2H3. The van der Waals surface area contributed by atoms with Crippen molar-refractivity contribution >= 4 is 5.78 Å². The van der Waals surface area contributed by atoms with Gasteiger partial charge >= 0.3 is 0 Å². The lowest BCUT2D eigenvalue weighted by Crippen LogP contribution is -2.30. The highest BCUT2D eigenvalue weighted by atomic mass is 16.1. The van der Waals surface area contributed by atoms with Crippen LogP contribution in [0.25, 0.3) is 0 Å². The monoisotopic (exact) mass is 152 g/mol. The van der Waals surface area contributed by atoms with Crippen molar-refractivity contribution in [1.29, 1.82) is 5.26 Å². The first-order valence-corrected chi connectivity index (χ1v) is 3.75. The van der Waals surface area contributed by atoms with Gasteiger partial charge in [0.2, 0.25) is 0 Å². The number of rotatable bonds is 1. The summed E-state index contributed by atoms with van der Waals surface area (Å²) in [5, 5.41) is 8.60. The minimum absolute atomic E-state index is 0.0142. The van der Waals surface area contributed by atoms with Gasteiger partial charge < -0.3 is 0 Å². The highest BCUT2D eigenvalue weighted by Crippen LogP contribution is 2.20. The van der Waals surface area contributed by atoms with Crippen molar-refractivity contribution in [3.63, 3.8) is 0 Å². The van der Waals surface area contributed by atoms with E-state index >= 15 is 0 Å². The fourth-order valence-corrected chi connectivity index (χ4v) is 1.57. The SMILES string of the molecule is CC(=O)C1CC(C#N)CN1C. The molecule has 0 bridgehead atoms. The lowest BCUT2D eigenvalue weighted by atomic mass is 10.1. The van der Waals surface area contributed by atoms with E-state index in [1.165, 1.54) is 0 Å². The first-order chi connectivity index (χ1) is 5.15. The number of nitrogens with zero attached hydrogens (tertiary/aromatic N) is 2. The van der Waals surface area contributed by atoms with Gasteiger partial charge in [0.1, 0.15) is 5.78 Å². The van der Waals surface area contributed by atoms with Crippen LogP contribution < -0.4 is 0 Å². The maximum atomic E-state index is 11.0. The number of hydrogen-bond donors (Lipinski definition) is 0. The van der Waals surface area contributed by atoms with E-state index in [-0.39, 0.29) is 17.7 Å². The van der Waals surface area contributed by atoms with E-state index < -0.39 is 0 Å². The predicted molar refractivity (Wildman–Crippen MR) is 40.8 cm³/mol. The minimum atomic E-state index is -0.0142. The van der Waals surface area contributed by atoms with E-state index in [4.69, 9.17) is 5.26 Å². The molecule has 11 heavy (non-hydrogen) atoms. The van der Waals surface area contributed by atoms with E-state index in [0.29, 0.717) is 6.42 Å². The topological polar surface area (TPSA) is 44.1 Å². The Kier molecular flexibility index (Phi) is 2.25. The van der Waals surface area contributed by atoms with Gasteiger partial charge in [-0.1, -0.05) is 0 Å². The molecule has 0 amide bonds. The molecule has 3 heteroatoms. The van der Waals surface area contributed by atoms with Gasteiger partial charge in [0.05, 0.1) is 18.0 Å². The second-order valence-corrected chi connectivity index (χ2v) is 3.13. The summed E-state index contributed by atoms with van der Waals surface area (Å²) in [5.41, 5.74) is 0. The summed E-state index contributed by atoms with van der Waals surface area (Å²) in [6, 6.07) is 2.17. The van der Waals surface area contributed by atoms with E-state index in [9.17, 15) is 4.79 Å². The van der Waals surface area contributed by atoms with Gasteiger partial charge in [-0.25, -0.2) is 0 Å². The van der Waals surface area contributed by atoms with Crippen LogP contribution in [0, 0.1) is 17.2 Å². The van der Waals surface area contributed by atoms with Crippen molar-refractivity contribution in [2.45, 2.75) is 19.4 Å². The molecule has 3 nitrogen and oxygen atoms in total. The molecule has 0 N–H and O–H groups in total. The normalized spacial score (nSPS) is 31.7. The Morgan fingerprint density at radius 2 is 2.36 bits per heavy atom. The molecule has 0 aromatic rings. The predicted octanol–water partition coefficient (Wildman–Crippen LogP) is 0.419. The second-order valence-electron chi connectivity index (χ2n) is 3.13. The Morgan fingerprint density at radius 3 is 2.64 bits per heavy atom. The maximum Gasteiger partial charge on any atom is 0.146 e. The van der Waals surface area contributed by atoms with Crippen LogP contribution in [-0.4, -0.2) is 30.3 Å². The van der Waals surface area contributed by atoms with E-state index in [1.807, 2.05) is 11.9 Å². The molecule has 2 atom stereocenters. The summed E-state index contributed by atoms with van der Waals surface area (Å²) in [5.74, 6) is 0.221. The van der Waals surface area contributed by atoms with Crippen LogP contribution in [0.1, 0.15) is 13.3 Å². The van der Waals surface area contributed by atoms with Crippen molar-refractivity contribution < 1.29 is 4.79 Å². The summed E-state index contributed by atoms with van der Waals surface area (Å²) in [6.07, 6.45) is 0.711. The van der Waals surface area contributed by atoms with Gasteiger partial charge in [-0.3, -0.25) is 9.69 Å². The smallest absolute Gasteiger partial charge is 0.146 e. The van der Waals surface area contributed by atoms with Crippen LogP contribution in [0.4, 0.5) is 0 Å². The summed E-state index contributed by atoms with van der Waals surface area (Å²) in [7, 11) is 1.89. The highest BCUT2D eigenvalue weighted by molar-refractivity contribution is 5.81. The number of hydrogen-bond acceptors (Lipinski definition) is 3. The highest BCUT2D eigenvalue weighted by Gasteiger charge is 2.31. The van der Waals surface area contributed by atoms with Crippen LogP contribution in [0.5, 0.6) is 0 Å². The molecule has 0 aromatic carbocycles. The third-order valence-electron chi connectivity index (χ3n) is 2.20. The van der Waals surface area contributed by atoms with E-state index in [1.54, 1.807) is 6.92 Å². The van der Waals surface area contributed by atoms with Crippen molar-refractivity contribution in [2.24, 2.45) is 5.92 Å². The second kappa shape index (κ2) is 3.02. The largest absolute Gasteiger partial charge is 0.298 e. The van der Waals surface area contributed by atoms with Crippen molar-refractivity contribution in [3.05, 3.63) is 0 Å². The Balaban J connectivity index is 2.60. The number of Topliss-reactive ketones (excluding diaryl/α,β-unsaturated/α-hetero) is 1. The number of carbonyl (C=O) groups is 1. The van der Waals surface area contributed by atoms with Gasteiger partial charge in [0.15, 0.2) is 0 Å². The number of carbonyl (C=O) groups excluding carboxylic acids is 1. The zero-order chi connectivity index (χ0) is 8.43. The Morgan fingerprint density at radius 1 is 1.73 bits per heavy atom. The lowest BCUT2D eigenvalue weighted by Gasteiger charge is -2.14. The third kappa shape index (κ3) is 1.58. The molecule has 0 aromatic heterocycles. The fourth-order valence-electron chi connectivity index (χ4n) is 1.57. The van der Waals surface area contributed by atoms with Crippen LogP contribution in [0.3, 0.4) is 0 Å². The molecule has 0 spiro atoms.